The Morgan fingerprint density at radius 2 is 2.17 bits per heavy atom. The smallest absolute Gasteiger partial charge is 0.249 e. The molecule has 3 atom stereocenters. The lowest BCUT2D eigenvalue weighted by Crippen LogP contribution is -2.65. The lowest BCUT2D eigenvalue weighted by Gasteiger charge is -2.51. The number of benzene rings is 1. The number of nitriles is 1. The van der Waals surface area contributed by atoms with Crippen molar-refractivity contribution < 1.29 is 14.6 Å². The Balaban J connectivity index is 1.80. The van der Waals surface area contributed by atoms with Gasteiger partial charge >= 0.3 is 0 Å². The van der Waals surface area contributed by atoms with E-state index in [1.807, 2.05) is 12.1 Å². The van der Waals surface area contributed by atoms with E-state index in [9.17, 15) is 15.2 Å². The van der Waals surface area contributed by atoms with Gasteiger partial charge in [0.1, 0.15) is 12.6 Å². The fourth-order valence-corrected chi connectivity index (χ4v) is 3.80. The van der Waals surface area contributed by atoms with Gasteiger partial charge < -0.3 is 14.7 Å². The molecular formula is C19H22N2O3. The third kappa shape index (κ3) is 2.83. The molecule has 0 saturated carbocycles. The summed E-state index contributed by atoms with van der Waals surface area (Å²) in [5, 5.41) is 19.2. The molecule has 0 bridgehead atoms. The van der Waals surface area contributed by atoms with E-state index in [1.165, 1.54) is 29.6 Å². The first-order valence-electron chi connectivity index (χ1n) is 8.31. The molecule has 1 fully saturated rings. The van der Waals surface area contributed by atoms with Crippen LogP contribution in [0.1, 0.15) is 36.3 Å². The highest BCUT2D eigenvalue weighted by Crippen LogP contribution is 2.41. The molecule has 0 spiro atoms. The molecule has 1 heterocycles. The lowest BCUT2D eigenvalue weighted by atomic mass is 9.75. The van der Waals surface area contributed by atoms with Crippen molar-refractivity contribution in [3.05, 3.63) is 41.5 Å². The van der Waals surface area contributed by atoms with Gasteiger partial charge in [-0.1, -0.05) is 30.3 Å². The molecule has 1 aliphatic heterocycles. The topological polar surface area (TPSA) is 73.6 Å². The molecule has 2 aliphatic rings. The van der Waals surface area contributed by atoms with Crippen LogP contribution in [0.25, 0.3) is 5.57 Å². The van der Waals surface area contributed by atoms with E-state index < -0.39 is 6.04 Å². The number of ether oxygens (including phenoxy) is 1. The van der Waals surface area contributed by atoms with Gasteiger partial charge in [0.25, 0.3) is 0 Å². The molecule has 3 rings (SSSR count). The molecule has 1 aromatic rings. The van der Waals surface area contributed by atoms with Gasteiger partial charge in [-0.05, 0) is 36.0 Å². The normalized spacial score (nSPS) is 25.8. The summed E-state index contributed by atoms with van der Waals surface area (Å²) < 4.78 is 4.87. The SMILES string of the molecule is COCC(=O)N1[C@@H](C#N)[C@@H](c2ccc(C3=CCCC3)cc2)[C@@H]1CO. The number of carbonyl (C=O) groups is 1. The first-order chi connectivity index (χ1) is 11.7. The number of aliphatic hydroxyl groups excluding tert-OH is 1. The van der Waals surface area contributed by atoms with Crippen molar-refractivity contribution in [2.45, 2.75) is 37.3 Å². The number of hydrogen-bond donors (Lipinski definition) is 1. The van der Waals surface area contributed by atoms with Gasteiger partial charge in [-0.3, -0.25) is 4.79 Å². The van der Waals surface area contributed by atoms with Crippen LogP contribution in [0.2, 0.25) is 0 Å². The van der Waals surface area contributed by atoms with Crippen molar-refractivity contribution >= 4 is 11.5 Å². The minimum atomic E-state index is -0.554. The number of allylic oxidation sites excluding steroid dienone is 2. The highest BCUT2D eigenvalue weighted by Gasteiger charge is 2.51. The molecule has 1 N–H and O–H groups in total. The second-order valence-electron chi connectivity index (χ2n) is 6.33. The van der Waals surface area contributed by atoms with Gasteiger partial charge in [-0.15, -0.1) is 0 Å². The predicted molar refractivity (Wildman–Crippen MR) is 90.0 cm³/mol. The third-order valence-corrected chi connectivity index (χ3v) is 4.99. The highest BCUT2D eigenvalue weighted by atomic mass is 16.5. The van der Waals surface area contributed by atoms with E-state index in [-0.39, 0.29) is 31.1 Å². The Morgan fingerprint density at radius 3 is 2.71 bits per heavy atom. The molecule has 5 nitrogen and oxygen atoms in total. The van der Waals surface area contributed by atoms with E-state index in [2.05, 4.69) is 24.3 Å². The summed E-state index contributed by atoms with van der Waals surface area (Å²) in [5.41, 5.74) is 3.59. The van der Waals surface area contributed by atoms with Crippen LogP contribution in [0.3, 0.4) is 0 Å². The molecule has 1 saturated heterocycles. The van der Waals surface area contributed by atoms with E-state index >= 15 is 0 Å². The van der Waals surface area contributed by atoms with Crippen LogP contribution in [-0.2, 0) is 9.53 Å². The minimum Gasteiger partial charge on any atom is -0.394 e. The number of methoxy groups -OCH3 is 1. The Bertz CT molecular complexity index is 675. The number of amides is 1. The number of nitrogens with zero attached hydrogens (tertiary/aromatic N) is 2. The number of aliphatic hydroxyl groups is 1. The zero-order valence-corrected chi connectivity index (χ0v) is 13.8. The maximum Gasteiger partial charge on any atom is 0.249 e. The van der Waals surface area contributed by atoms with E-state index in [4.69, 9.17) is 4.74 Å². The monoisotopic (exact) mass is 326 g/mol. The van der Waals surface area contributed by atoms with Crippen molar-refractivity contribution in [2.75, 3.05) is 20.3 Å². The van der Waals surface area contributed by atoms with Gasteiger partial charge in [0.05, 0.1) is 18.7 Å². The summed E-state index contributed by atoms with van der Waals surface area (Å²) >= 11 is 0. The summed E-state index contributed by atoms with van der Waals surface area (Å²) in [6, 6.07) is 9.47. The Morgan fingerprint density at radius 1 is 1.42 bits per heavy atom. The fourth-order valence-electron chi connectivity index (χ4n) is 3.80. The molecule has 1 amide bonds. The van der Waals surface area contributed by atoms with Crippen molar-refractivity contribution in [2.24, 2.45) is 0 Å². The summed E-state index contributed by atoms with van der Waals surface area (Å²) in [7, 11) is 1.45. The van der Waals surface area contributed by atoms with E-state index in [0.717, 1.165) is 18.4 Å². The fraction of sp³-hybridized carbons (Fsp3) is 0.474. The maximum atomic E-state index is 12.1. The van der Waals surface area contributed by atoms with Gasteiger partial charge in [0.15, 0.2) is 0 Å². The lowest BCUT2D eigenvalue weighted by molar-refractivity contribution is -0.150. The van der Waals surface area contributed by atoms with Crippen LogP contribution >= 0.6 is 0 Å². The summed E-state index contributed by atoms with van der Waals surface area (Å²) in [4.78, 5) is 13.5. The Kier molecular flexibility index (Phi) is 4.98. The molecule has 0 aromatic heterocycles. The molecule has 1 aliphatic carbocycles. The van der Waals surface area contributed by atoms with Crippen LogP contribution in [0.5, 0.6) is 0 Å². The number of rotatable bonds is 5. The van der Waals surface area contributed by atoms with Crippen LogP contribution in [0.4, 0.5) is 0 Å². The quantitative estimate of drug-likeness (QED) is 0.899. The summed E-state index contributed by atoms with van der Waals surface area (Å²) in [6.07, 6.45) is 5.74. The largest absolute Gasteiger partial charge is 0.394 e. The van der Waals surface area contributed by atoms with Gasteiger partial charge in [-0.2, -0.15) is 5.26 Å². The maximum absolute atomic E-state index is 12.1. The molecule has 1 aromatic carbocycles. The first-order valence-corrected chi connectivity index (χ1v) is 8.31. The van der Waals surface area contributed by atoms with Gasteiger partial charge in [-0.25, -0.2) is 0 Å². The van der Waals surface area contributed by atoms with Crippen LogP contribution in [0.15, 0.2) is 30.3 Å². The van der Waals surface area contributed by atoms with Crippen molar-refractivity contribution in [1.82, 2.24) is 4.90 Å². The second-order valence-corrected chi connectivity index (χ2v) is 6.33. The summed E-state index contributed by atoms with van der Waals surface area (Å²) in [5.74, 6) is -0.417. The Hall–Kier alpha value is -2.16. The average Bonchev–Trinajstić information content (AvgIpc) is 3.10. The number of likely N-dealkylation sites (tertiary alicyclic amines) is 1. The first kappa shape index (κ1) is 16.7. The van der Waals surface area contributed by atoms with Crippen LogP contribution in [-0.4, -0.2) is 48.3 Å². The number of carbonyl (C=O) groups excluding carboxylic acids is 1. The zero-order chi connectivity index (χ0) is 17.1. The van der Waals surface area contributed by atoms with Crippen molar-refractivity contribution in [3.8, 4) is 6.07 Å². The minimum absolute atomic E-state index is 0.0749. The molecule has 0 radical (unpaired) electrons. The van der Waals surface area contributed by atoms with Gasteiger partial charge in [0, 0.05) is 13.0 Å². The van der Waals surface area contributed by atoms with Crippen LogP contribution < -0.4 is 0 Å². The Labute approximate surface area is 142 Å². The predicted octanol–water partition coefficient (Wildman–Crippen LogP) is 2.08. The standard InChI is InChI=1S/C19H22N2O3/c1-24-12-18(23)21-16(10-20)19(17(21)11-22)15-8-6-14(7-9-15)13-4-2-3-5-13/h4,6-9,16-17,19,22H,2-3,5,11-12H2,1H3/t16-,17-,19+/m0/s1. The van der Waals surface area contributed by atoms with E-state index in [1.54, 1.807) is 0 Å². The van der Waals surface area contributed by atoms with Crippen LogP contribution in [0, 0.1) is 11.3 Å². The zero-order valence-electron chi connectivity index (χ0n) is 13.8. The molecular weight excluding hydrogens is 304 g/mol. The molecule has 0 unspecified atom stereocenters. The average molecular weight is 326 g/mol. The van der Waals surface area contributed by atoms with E-state index in [0.29, 0.717) is 0 Å². The van der Waals surface area contributed by atoms with Crippen molar-refractivity contribution in [1.29, 1.82) is 5.26 Å². The molecule has 126 valence electrons. The molecule has 24 heavy (non-hydrogen) atoms. The molecule has 5 heteroatoms. The second kappa shape index (κ2) is 7.16. The third-order valence-electron chi connectivity index (χ3n) is 4.99. The van der Waals surface area contributed by atoms with Crippen molar-refractivity contribution in [3.63, 3.8) is 0 Å². The highest BCUT2D eigenvalue weighted by molar-refractivity contribution is 5.80. The summed E-state index contributed by atoms with van der Waals surface area (Å²) in [6.45, 7) is -0.236. The van der Waals surface area contributed by atoms with Gasteiger partial charge in [0.2, 0.25) is 5.91 Å². The number of hydrogen-bond acceptors (Lipinski definition) is 4.